The van der Waals surface area contributed by atoms with Crippen LogP contribution in [0.4, 0.5) is 11.4 Å². The fraction of sp³-hybridized carbons (Fsp3) is 0.600. The third kappa shape index (κ3) is 4.89. The van der Waals surface area contributed by atoms with Gasteiger partial charge in [0.1, 0.15) is 0 Å². The van der Waals surface area contributed by atoms with E-state index in [1.165, 1.54) is 19.1 Å². The van der Waals surface area contributed by atoms with Crippen molar-refractivity contribution in [3.8, 4) is 0 Å². The van der Waals surface area contributed by atoms with Gasteiger partial charge in [-0.3, -0.25) is 4.72 Å². The van der Waals surface area contributed by atoms with Crippen molar-refractivity contribution in [1.82, 2.24) is 4.90 Å². The standard InChI is InChI=1S/C15H25N3O2S/c1-12(13-7-6-10-18(2)11-13)16-14-8-4-5-9-15(14)17-21(3,19)20/h4-5,8-9,12-13,16-17H,6-7,10-11H2,1-3H3. The van der Waals surface area contributed by atoms with Crippen LogP contribution >= 0.6 is 0 Å². The van der Waals surface area contributed by atoms with E-state index in [4.69, 9.17) is 0 Å². The molecule has 2 N–H and O–H groups in total. The maximum Gasteiger partial charge on any atom is 0.229 e. The van der Waals surface area contributed by atoms with Crippen LogP contribution in [0.3, 0.4) is 0 Å². The average Bonchev–Trinajstić information content (AvgIpc) is 2.39. The van der Waals surface area contributed by atoms with E-state index in [1.807, 2.05) is 18.2 Å². The topological polar surface area (TPSA) is 61.4 Å². The molecule has 5 nitrogen and oxygen atoms in total. The van der Waals surface area contributed by atoms with Crippen molar-refractivity contribution >= 4 is 21.4 Å². The summed E-state index contributed by atoms with van der Waals surface area (Å²) in [6.07, 6.45) is 3.60. The van der Waals surface area contributed by atoms with Crippen LogP contribution in [0, 0.1) is 5.92 Å². The number of anilines is 2. The molecule has 1 heterocycles. The van der Waals surface area contributed by atoms with Gasteiger partial charge in [0.05, 0.1) is 17.6 Å². The molecule has 0 amide bonds. The molecule has 0 aliphatic carbocycles. The van der Waals surface area contributed by atoms with E-state index in [2.05, 4.69) is 28.9 Å². The first kappa shape index (κ1) is 16.1. The fourth-order valence-corrected chi connectivity index (χ4v) is 3.45. The van der Waals surface area contributed by atoms with E-state index in [1.54, 1.807) is 6.07 Å². The molecule has 2 atom stereocenters. The second-order valence-corrected chi connectivity index (χ2v) is 7.77. The van der Waals surface area contributed by atoms with Crippen molar-refractivity contribution in [2.75, 3.05) is 36.4 Å². The molecule has 0 saturated carbocycles. The van der Waals surface area contributed by atoms with E-state index < -0.39 is 10.0 Å². The minimum Gasteiger partial charge on any atom is -0.381 e. The van der Waals surface area contributed by atoms with E-state index >= 15 is 0 Å². The Balaban J connectivity index is 2.08. The number of para-hydroxylation sites is 2. The number of piperidine rings is 1. The molecule has 0 radical (unpaired) electrons. The molecule has 6 heteroatoms. The minimum atomic E-state index is -3.27. The van der Waals surface area contributed by atoms with Crippen LogP contribution in [0.5, 0.6) is 0 Å². The van der Waals surface area contributed by atoms with E-state index in [-0.39, 0.29) is 0 Å². The van der Waals surface area contributed by atoms with Crippen molar-refractivity contribution in [3.05, 3.63) is 24.3 Å². The number of sulfonamides is 1. The summed E-state index contributed by atoms with van der Waals surface area (Å²) in [4.78, 5) is 2.35. The zero-order valence-electron chi connectivity index (χ0n) is 13.0. The summed E-state index contributed by atoms with van der Waals surface area (Å²) >= 11 is 0. The van der Waals surface area contributed by atoms with Crippen LogP contribution in [0.1, 0.15) is 19.8 Å². The molecule has 0 aromatic heterocycles. The quantitative estimate of drug-likeness (QED) is 0.875. The van der Waals surface area contributed by atoms with Crippen molar-refractivity contribution in [1.29, 1.82) is 0 Å². The smallest absolute Gasteiger partial charge is 0.229 e. The molecule has 1 aromatic rings. The maximum atomic E-state index is 11.4. The van der Waals surface area contributed by atoms with Gasteiger partial charge in [-0.15, -0.1) is 0 Å². The number of likely N-dealkylation sites (tertiary alicyclic amines) is 1. The fourth-order valence-electron chi connectivity index (χ4n) is 2.88. The molecule has 1 aliphatic heterocycles. The van der Waals surface area contributed by atoms with Gasteiger partial charge in [0.2, 0.25) is 10.0 Å². The van der Waals surface area contributed by atoms with E-state index in [9.17, 15) is 8.42 Å². The first-order valence-electron chi connectivity index (χ1n) is 7.37. The zero-order chi connectivity index (χ0) is 15.5. The molecule has 21 heavy (non-hydrogen) atoms. The van der Waals surface area contributed by atoms with Crippen LogP contribution in [-0.4, -0.2) is 45.8 Å². The molecular weight excluding hydrogens is 286 g/mol. The second kappa shape index (κ2) is 6.66. The van der Waals surface area contributed by atoms with Crippen molar-refractivity contribution in [2.45, 2.75) is 25.8 Å². The normalized spacial score (nSPS) is 21.8. The lowest BCUT2D eigenvalue weighted by Gasteiger charge is -2.34. The monoisotopic (exact) mass is 311 g/mol. The summed E-state index contributed by atoms with van der Waals surface area (Å²) in [5.41, 5.74) is 1.44. The molecule has 0 spiro atoms. The SMILES string of the molecule is CC(Nc1ccccc1NS(C)(=O)=O)C1CCCN(C)C1. The number of benzene rings is 1. The summed E-state index contributed by atoms with van der Waals surface area (Å²) in [5, 5.41) is 3.47. The van der Waals surface area contributed by atoms with E-state index in [0.29, 0.717) is 17.6 Å². The lowest BCUT2D eigenvalue weighted by atomic mass is 9.91. The molecule has 1 saturated heterocycles. The van der Waals surface area contributed by atoms with Gasteiger partial charge >= 0.3 is 0 Å². The molecule has 2 unspecified atom stereocenters. The Labute approximate surface area is 127 Å². The largest absolute Gasteiger partial charge is 0.381 e. The second-order valence-electron chi connectivity index (χ2n) is 6.02. The molecule has 118 valence electrons. The molecular formula is C15H25N3O2S. The van der Waals surface area contributed by atoms with Crippen molar-refractivity contribution < 1.29 is 8.42 Å². The highest BCUT2D eigenvalue weighted by Crippen LogP contribution is 2.26. The van der Waals surface area contributed by atoms with Gasteiger partial charge < -0.3 is 10.2 Å². The van der Waals surface area contributed by atoms with Crippen molar-refractivity contribution in [2.24, 2.45) is 5.92 Å². The summed E-state index contributed by atoms with van der Waals surface area (Å²) in [5.74, 6) is 0.579. The summed E-state index contributed by atoms with van der Waals surface area (Å²) in [6.45, 7) is 4.41. The minimum absolute atomic E-state index is 0.301. The Kier molecular flexibility index (Phi) is 5.11. The van der Waals surface area contributed by atoms with E-state index in [0.717, 1.165) is 18.8 Å². The van der Waals surface area contributed by atoms with Gasteiger partial charge in [-0.25, -0.2) is 8.42 Å². The summed E-state index contributed by atoms with van der Waals surface area (Å²) in [6, 6.07) is 7.74. The first-order chi connectivity index (χ1) is 9.85. The Bertz CT molecular complexity index is 574. The van der Waals surface area contributed by atoms with Crippen molar-refractivity contribution in [3.63, 3.8) is 0 Å². The highest BCUT2D eigenvalue weighted by molar-refractivity contribution is 7.92. The third-order valence-electron chi connectivity index (χ3n) is 3.97. The molecule has 1 aliphatic rings. The predicted octanol–water partition coefficient (Wildman–Crippen LogP) is 2.20. The highest BCUT2D eigenvalue weighted by atomic mass is 32.2. The Morgan fingerprint density at radius 1 is 1.29 bits per heavy atom. The van der Waals surface area contributed by atoms with Gasteiger partial charge in [-0.2, -0.15) is 0 Å². The zero-order valence-corrected chi connectivity index (χ0v) is 13.8. The summed E-state index contributed by atoms with van der Waals surface area (Å²) < 4.78 is 25.4. The Hall–Kier alpha value is -1.27. The lowest BCUT2D eigenvalue weighted by molar-refractivity contribution is 0.197. The Morgan fingerprint density at radius 2 is 1.95 bits per heavy atom. The number of rotatable bonds is 5. The average molecular weight is 311 g/mol. The first-order valence-corrected chi connectivity index (χ1v) is 9.26. The van der Waals surface area contributed by atoms with Gasteiger partial charge in [-0.05, 0) is 51.4 Å². The van der Waals surface area contributed by atoms with Gasteiger partial charge in [0, 0.05) is 12.6 Å². The molecule has 0 bridgehead atoms. The van der Waals surface area contributed by atoms with Crippen LogP contribution in [-0.2, 0) is 10.0 Å². The van der Waals surface area contributed by atoms with Crippen LogP contribution in [0.25, 0.3) is 0 Å². The third-order valence-corrected chi connectivity index (χ3v) is 4.56. The predicted molar refractivity (Wildman–Crippen MR) is 88.2 cm³/mol. The van der Waals surface area contributed by atoms with Crippen LogP contribution in [0.2, 0.25) is 0 Å². The van der Waals surface area contributed by atoms with Crippen LogP contribution < -0.4 is 10.0 Å². The van der Waals surface area contributed by atoms with Gasteiger partial charge in [-0.1, -0.05) is 12.1 Å². The molecule has 1 fully saturated rings. The number of nitrogens with zero attached hydrogens (tertiary/aromatic N) is 1. The van der Waals surface area contributed by atoms with Gasteiger partial charge in [0.25, 0.3) is 0 Å². The molecule has 1 aromatic carbocycles. The number of hydrogen-bond donors (Lipinski definition) is 2. The maximum absolute atomic E-state index is 11.4. The molecule has 2 rings (SSSR count). The summed E-state index contributed by atoms with van der Waals surface area (Å²) in [7, 11) is -1.12. The van der Waals surface area contributed by atoms with Gasteiger partial charge in [0.15, 0.2) is 0 Å². The van der Waals surface area contributed by atoms with Crippen LogP contribution in [0.15, 0.2) is 24.3 Å². The highest BCUT2D eigenvalue weighted by Gasteiger charge is 2.23. The Morgan fingerprint density at radius 3 is 2.57 bits per heavy atom. The number of nitrogens with one attached hydrogen (secondary N) is 2. The lowest BCUT2D eigenvalue weighted by Crippen LogP contribution is -2.40. The number of hydrogen-bond acceptors (Lipinski definition) is 4.